The number of nitrogens with zero attached hydrogens (tertiary/aromatic N) is 1. The molecule has 0 radical (unpaired) electrons. The van der Waals surface area contributed by atoms with Crippen LogP contribution in [0.1, 0.15) is 70.4 Å². The molecule has 0 fully saturated rings. The fourth-order valence-corrected chi connectivity index (χ4v) is 7.11. The highest BCUT2D eigenvalue weighted by Crippen LogP contribution is 2.55. The molecule has 2 unspecified atom stereocenters. The van der Waals surface area contributed by atoms with Gasteiger partial charge in [0.1, 0.15) is 0 Å². The van der Waals surface area contributed by atoms with E-state index in [0.717, 1.165) is 49.8 Å². The minimum atomic E-state index is -4.43. The van der Waals surface area contributed by atoms with Crippen molar-refractivity contribution in [3.05, 3.63) is 137 Å². The number of fused-ring (bicyclic) bond motifs is 6. The maximum absolute atomic E-state index is 13.8. The molecular weight excluding hydrogens is 547 g/mol. The highest BCUT2D eigenvalue weighted by molar-refractivity contribution is 6.09. The number of carboxylic acids is 1. The predicted octanol–water partition coefficient (Wildman–Crippen LogP) is 9.86. The highest BCUT2D eigenvalue weighted by Gasteiger charge is 2.44. The molecule has 7 rings (SSSR count). The summed E-state index contributed by atoms with van der Waals surface area (Å²) >= 11 is 0. The van der Waals surface area contributed by atoms with Gasteiger partial charge in [-0.2, -0.15) is 13.2 Å². The van der Waals surface area contributed by atoms with Gasteiger partial charge in [0.25, 0.3) is 0 Å². The third-order valence-electron chi connectivity index (χ3n) is 9.28. The van der Waals surface area contributed by atoms with E-state index in [1.165, 1.54) is 12.1 Å². The van der Waals surface area contributed by atoms with Crippen molar-refractivity contribution in [2.75, 3.05) is 0 Å². The Morgan fingerprint density at radius 3 is 2.37 bits per heavy atom. The molecule has 2 atom stereocenters. The Morgan fingerprint density at radius 2 is 1.58 bits per heavy atom. The van der Waals surface area contributed by atoms with Crippen molar-refractivity contribution in [3.63, 3.8) is 0 Å². The van der Waals surface area contributed by atoms with Crippen molar-refractivity contribution in [2.24, 2.45) is 0 Å². The van der Waals surface area contributed by atoms with E-state index in [1.807, 2.05) is 24.3 Å². The first kappa shape index (κ1) is 27.1. The number of alkyl halides is 3. The number of aromatic carboxylic acids is 1. The van der Waals surface area contributed by atoms with Gasteiger partial charge in [0.05, 0.1) is 16.6 Å². The van der Waals surface area contributed by atoms with Gasteiger partial charge in [0.15, 0.2) is 0 Å². The summed E-state index contributed by atoms with van der Waals surface area (Å²) in [6, 6.07) is 31.3. The Morgan fingerprint density at radius 1 is 0.814 bits per heavy atom. The Labute approximate surface area is 246 Å². The lowest BCUT2D eigenvalue weighted by Gasteiger charge is -2.45. The minimum Gasteiger partial charge on any atom is -0.478 e. The zero-order chi connectivity index (χ0) is 30.1. The van der Waals surface area contributed by atoms with Gasteiger partial charge < -0.3 is 5.11 Å². The largest absolute Gasteiger partial charge is 0.478 e. The van der Waals surface area contributed by atoms with Gasteiger partial charge in [-0.3, -0.25) is 4.98 Å². The van der Waals surface area contributed by atoms with E-state index in [0.29, 0.717) is 17.5 Å². The molecule has 0 saturated heterocycles. The van der Waals surface area contributed by atoms with Crippen LogP contribution in [-0.4, -0.2) is 16.1 Å². The maximum Gasteiger partial charge on any atom is 0.416 e. The lowest BCUT2D eigenvalue weighted by Crippen LogP contribution is -2.35. The Balaban J connectivity index is 1.48. The Hall–Kier alpha value is -4.71. The average molecular weight is 576 g/mol. The van der Waals surface area contributed by atoms with E-state index < -0.39 is 23.1 Å². The SMILES string of the molecule is CC1(C)c2ccc3c(ccc4ccccc43)c2C(c2ccc3cc(C(=O)O)ccc3n2)CC1c1cccc(C(F)(F)F)c1. The molecule has 43 heavy (non-hydrogen) atoms. The summed E-state index contributed by atoms with van der Waals surface area (Å²) < 4.78 is 41.4. The fraction of sp³-hybridized carbons (Fsp3) is 0.189. The number of halogens is 3. The minimum absolute atomic E-state index is 0.189. The quantitative estimate of drug-likeness (QED) is 0.214. The van der Waals surface area contributed by atoms with E-state index in [4.69, 9.17) is 4.98 Å². The van der Waals surface area contributed by atoms with Crippen molar-refractivity contribution < 1.29 is 23.1 Å². The molecular formula is C37H28F3NO2. The molecule has 6 aromatic rings. The van der Waals surface area contributed by atoms with Gasteiger partial charge in [0, 0.05) is 17.0 Å². The highest BCUT2D eigenvalue weighted by atomic mass is 19.4. The molecule has 214 valence electrons. The molecule has 0 saturated carbocycles. The summed E-state index contributed by atoms with van der Waals surface area (Å²) in [6.45, 7) is 4.25. The van der Waals surface area contributed by atoms with Crippen LogP contribution in [0, 0.1) is 0 Å². The second-order valence-corrected chi connectivity index (χ2v) is 12.0. The second kappa shape index (κ2) is 9.66. The molecule has 6 heteroatoms. The Bertz CT molecular complexity index is 2080. The number of hydrogen-bond donors (Lipinski definition) is 1. The van der Waals surface area contributed by atoms with Gasteiger partial charge in [-0.05, 0) is 86.3 Å². The molecule has 0 spiro atoms. The number of benzene rings is 5. The van der Waals surface area contributed by atoms with Crippen LogP contribution in [0.4, 0.5) is 13.2 Å². The van der Waals surface area contributed by atoms with Crippen LogP contribution in [0.5, 0.6) is 0 Å². The summed E-state index contributed by atoms with van der Waals surface area (Å²) in [5, 5.41) is 14.7. The first-order chi connectivity index (χ1) is 20.5. The van der Waals surface area contributed by atoms with Crippen LogP contribution < -0.4 is 0 Å². The van der Waals surface area contributed by atoms with Crippen LogP contribution in [0.15, 0.2) is 103 Å². The average Bonchev–Trinajstić information content (AvgIpc) is 2.99. The second-order valence-electron chi connectivity index (χ2n) is 12.0. The molecule has 1 aromatic heterocycles. The lowest BCUT2D eigenvalue weighted by molar-refractivity contribution is -0.137. The third kappa shape index (κ3) is 4.44. The van der Waals surface area contributed by atoms with Crippen LogP contribution in [0.25, 0.3) is 32.4 Å². The van der Waals surface area contributed by atoms with Crippen molar-refractivity contribution in [3.8, 4) is 0 Å². The molecule has 1 aliphatic rings. The van der Waals surface area contributed by atoms with Crippen molar-refractivity contribution in [1.29, 1.82) is 0 Å². The molecule has 0 amide bonds. The molecule has 1 heterocycles. The van der Waals surface area contributed by atoms with Gasteiger partial charge in [-0.25, -0.2) is 4.79 Å². The van der Waals surface area contributed by atoms with Gasteiger partial charge >= 0.3 is 12.1 Å². The molecule has 1 aliphatic carbocycles. The number of carboxylic acid groups (broad SMARTS) is 1. The molecule has 3 nitrogen and oxygen atoms in total. The lowest BCUT2D eigenvalue weighted by atomic mass is 9.59. The van der Waals surface area contributed by atoms with Gasteiger partial charge in [0.2, 0.25) is 0 Å². The van der Waals surface area contributed by atoms with Crippen molar-refractivity contribution >= 4 is 38.4 Å². The zero-order valence-corrected chi connectivity index (χ0v) is 23.6. The van der Waals surface area contributed by atoms with Crippen LogP contribution in [0.2, 0.25) is 0 Å². The summed E-state index contributed by atoms with van der Waals surface area (Å²) in [5.74, 6) is -1.41. The van der Waals surface area contributed by atoms with E-state index in [2.05, 4.69) is 50.2 Å². The standard InChI is InChI=1S/C37H28F3NO2/c1-36(2)30-15-14-27-26-9-4-3-6-21(26)10-13-28(27)34(30)29(20-31(36)22-7-5-8-25(19-22)37(38,39)40)33-17-11-23-18-24(35(42)43)12-16-32(23)41-33/h3-19,29,31H,20H2,1-2H3,(H,42,43). The van der Waals surface area contributed by atoms with Crippen molar-refractivity contribution in [2.45, 2.75) is 43.7 Å². The normalized spacial score (nSPS) is 18.2. The molecule has 0 bridgehead atoms. The van der Waals surface area contributed by atoms with Crippen LogP contribution >= 0.6 is 0 Å². The fourth-order valence-electron chi connectivity index (χ4n) is 7.11. The topological polar surface area (TPSA) is 50.2 Å². The number of rotatable bonds is 3. The van der Waals surface area contributed by atoms with E-state index >= 15 is 0 Å². The van der Waals surface area contributed by atoms with E-state index in [1.54, 1.807) is 24.3 Å². The van der Waals surface area contributed by atoms with Crippen molar-refractivity contribution in [1.82, 2.24) is 4.98 Å². The maximum atomic E-state index is 13.8. The Kier molecular flexibility index (Phi) is 6.10. The summed E-state index contributed by atoms with van der Waals surface area (Å²) in [7, 11) is 0. The number of hydrogen-bond acceptors (Lipinski definition) is 2. The summed E-state index contributed by atoms with van der Waals surface area (Å²) in [5.41, 5.74) is 3.45. The number of pyridine rings is 1. The summed E-state index contributed by atoms with van der Waals surface area (Å²) in [4.78, 5) is 16.6. The van der Waals surface area contributed by atoms with E-state index in [-0.39, 0.29) is 17.4 Å². The van der Waals surface area contributed by atoms with Gasteiger partial charge in [-0.15, -0.1) is 0 Å². The van der Waals surface area contributed by atoms with Gasteiger partial charge in [-0.1, -0.05) is 86.6 Å². The monoisotopic (exact) mass is 575 g/mol. The van der Waals surface area contributed by atoms with Crippen LogP contribution in [-0.2, 0) is 11.6 Å². The van der Waals surface area contributed by atoms with E-state index in [9.17, 15) is 23.1 Å². The number of aromatic nitrogens is 1. The molecule has 5 aromatic carbocycles. The number of carbonyl (C=O) groups is 1. The smallest absolute Gasteiger partial charge is 0.416 e. The summed E-state index contributed by atoms with van der Waals surface area (Å²) in [6.07, 6.45) is -3.86. The molecule has 1 N–H and O–H groups in total. The zero-order valence-electron chi connectivity index (χ0n) is 23.6. The first-order valence-corrected chi connectivity index (χ1v) is 14.3. The first-order valence-electron chi connectivity index (χ1n) is 14.3. The van der Waals surface area contributed by atoms with Crippen LogP contribution in [0.3, 0.4) is 0 Å². The molecule has 0 aliphatic heterocycles. The predicted molar refractivity (Wildman–Crippen MR) is 164 cm³/mol. The third-order valence-corrected chi connectivity index (χ3v) is 9.28.